The molecule has 4 heteroatoms. The quantitative estimate of drug-likeness (QED) is 0.804. The van der Waals surface area contributed by atoms with Crippen LogP contribution in [0, 0.1) is 5.82 Å². The van der Waals surface area contributed by atoms with E-state index in [4.69, 9.17) is 0 Å². The molecule has 2 aromatic carbocycles. The second-order valence-electron chi connectivity index (χ2n) is 4.08. The second-order valence-corrected chi connectivity index (χ2v) is 4.08. The molecule has 0 spiro atoms. The van der Waals surface area contributed by atoms with Crippen molar-refractivity contribution in [2.45, 2.75) is 6.54 Å². The monoisotopic (exact) mass is 241 g/mol. The molecule has 0 saturated carbocycles. The SMILES string of the molecule is Fc1ccc(NC2=NCc3ccccc3N2)cc1. The second kappa shape index (κ2) is 4.49. The third-order valence-corrected chi connectivity index (χ3v) is 2.78. The van der Waals surface area contributed by atoms with Crippen molar-refractivity contribution in [2.75, 3.05) is 10.6 Å². The van der Waals surface area contributed by atoms with Crippen molar-refractivity contribution < 1.29 is 4.39 Å². The molecule has 2 N–H and O–H groups in total. The van der Waals surface area contributed by atoms with Gasteiger partial charge in [0.2, 0.25) is 5.96 Å². The molecule has 0 amide bonds. The predicted molar refractivity (Wildman–Crippen MR) is 71.2 cm³/mol. The van der Waals surface area contributed by atoms with E-state index >= 15 is 0 Å². The van der Waals surface area contributed by atoms with E-state index < -0.39 is 0 Å². The van der Waals surface area contributed by atoms with Crippen LogP contribution in [0.2, 0.25) is 0 Å². The van der Waals surface area contributed by atoms with Crippen molar-refractivity contribution in [2.24, 2.45) is 4.99 Å². The Morgan fingerprint density at radius 3 is 2.67 bits per heavy atom. The highest BCUT2D eigenvalue weighted by Gasteiger charge is 2.10. The summed E-state index contributed by atoms with van der Waals surface area (Å²) in [5.74, 6) is 0.435. The zero-order valence-electron chi connectivity index (χ0n) is 9.65. The molecule has 18 heavy (non-hydrogen) atoms. The lowest BCUT2D eigenvalue weighted by molar-refractivity contribution is 0.628. The molecule has 90 valence electrons. The van der Waals surface area contributed by atoms with Gasteiger partial charge in [-0.3, -0.25) is 0 Å². The topological polar surface area (TPSA) is 36.4 Å². The highest BCUT2D eigenvalue weighted by molar-refractivity contribution is 6.04. The fourth-order valence-electron chi connectivity index (χ4n) is 1.85. The standard InChI is InChI=1S/C14H12FN3/c15-11-5-7-12(8-6-11)17-14-16-9-10-3-1-2-4-13(10)18-14/h1-8H,9H2,(H2,16,17,18). The maximum atomic E-state index is 12.8. The van der Waals surface area contributed by atoms with Gasteiger partial charge in [-0.25, -0.2) is 9.38 Å². The first-order valence-corrected chi connectivity index (χ1v) is 5.73. The van der Waals surface area contributed by atoms with Crippen LogP contribution in [0.25, 0.3) is 0 Å². The lowest BCUT2D eigenvalue weighted by Gasteiger charge is -2.19. The minimum absolute atomic E-state index is 0.246. The largest absolute Gasteiger partial charge is 0.326 e. The minimum Gasteiger partial charge on any atom is -0.326 e. The minimum atomic E-state index is -0.246. The summed E-state index contributed by atoms with van der Waals surface area (Å²) in [4.78, 5) is 4.39. The van der Waals surface area contributed by atoms with E-state index in [2.05, 4.69) is 15.6 Å². The average molecular weight is 241 g/mol. The van der Waals surface area contributed by atoms with Crippen LogP contribution in [0.15, 0.2) is 53.5 Å². The van der Waals surface area contributed by atoms with Crippen LogP contribution in [0.1, 0.15) is 5.56 Å². The van der Waals surface area contributed by atoms with Gasteiger partial charge in [-0.2, -0.15) is 0 Å². The molecule has 0 unspecified atom stereocenters. The molecule has 0 saturated heterocycles. The molecule has 1 aliphatic heterocycles. The van der Waals surface area contributed by atoms with E-state index in [1.54, 1.807) is 12.1 Å². The Kier molecular flexibility index (Phi) is 2.68. The number of guanidine groups is 1. The maximum absolute atomic E-state index is 12.8. The number of fused-ring (bicyclic) bond motifs is 1. The Labute approximate surface area is 104 Å². The summed E-state index contributed by atoms with van der Waals surface area (Å²) in [5.41, 5.74) is 3.03. The number of benzene rings is 2. The fraction of sp³-hybridized carbons (Fsp3) is 0.0714. The van der Waals surface area contributed by atoms with Gasteiger partial charge in [-0.05, 0) is 35.9 Å². The predicted octanol–water partition coefficient (Wildman–Crippen LogP) is 3.22. The van der Waals surface area contributed by atoms with Gasteiger partial charge in [-0.15, -0.1) is 0 Å². The van der Waals surface area contributed by atoms with Gasteiger partial charge >= 0.3 is 0 Å². The molecule has 0 bridgehead atoms. The number of halogens is 1. The molecule has 0 aliphatic carbocycles. The Morgan fingerprint density at radius 1 is 1.06 bits per heavy atom. The molecule has 1 heterocycles. The molecule has 1 aliphatic rings. The zero-order chi connectivity index (χ0) is 12.4. The molecule has 0 radical (unpaired) electrons. The lowest BCUT2D eigenvalue weighted by Crippen LogP contribution is -2.25. The first kappa shape index (κ1) is 10.8. The zero-order valence-corrected chi connectivity index (χ0v) is 9.65. The van der Waals surface area contributed by atoms with Crippen LogP contribution in [0.4, 0.5) is 15.8 Å². The summed E-state index contributed by atoms with van der Waals surface area (Å²) in [6.07, 6.45) is 0. The van der Waals surface area contributed by atoms with Gasteiger partial charge in [-0.1, -0.05) is 18.2 Å². The Hall–Kier alpha value is -2.36. The van der Waals surface area contributed by atoms with Gasteiger partial charge in [0, 0.05) is 11.4 Å². The highest BCUT2D eigenvalue weighted by Crippen LogP contribution is 2.20. The van der Waals surface area contributed by atoms with Gasteiger partial charge < -0.3 is 10.6 Å². The van der Waals surface area contributed by atoms with Crippen LogP contribution in [-0.4, -0.2) is 5.96 Å². The Bertz CT molecular complexity index is 590. The number of anilines is 2. The van der Waals surface area contributed by atoms with Crippen LogP contribution < -0.4 is 10.6 Å². The first-order valence-electron chi connectivity index (χ1n) is 5.73. The molecule has 0 atom stereocenters. The number of rotatable bonds is 1. The van der Waals surface area contributed by atoms with Crippen molar-refractivity contribution in [3.8, 4) is 0 Å². The van der Waals surface area contributed by atoms with E-state index in [-0.39, 0.29) is 5.82 Å². The highest BCUT2D eigenvalue weighted by atomic mass is 19.1. The van der Waals surface area contributed by atoms with Crippen LogP contribution in [-0.2, 0) is 6.54 Å². The summed E-state index contributed by atoms with van der Waals surface area (Å²) in [7, 11) is 0. The summed E-state index contributed by atoms with van der Waals surface area (Å²) >= 11 is 0. The third-order valence-electron chi connectivity index (χ3n) is 2.78. The van der Waals surface area contributed by atoms with Gasteiger partial charge in [0.25, 0.3) is 0 Å². The molecule has 3 nitrogen and oxygen atoms in total. The smallest absolute Gasteiger partial charge is 0.200 e. The molecular formula is C14H12FN3. The van der Waals surface area contributed by atoms with Crippen LogP contribution >= 0.6 is 0 Å². The van der Waals surface area contributed by atoms with Crippen molar-refractivity contribution in [1.29, 1.82) is 0 Å². The van der Waals surface area contributed by atoms with E-state index in [1.807, 2.05) is 24.3 Å². The number of para-hydroxylation sites is 1. The van der Waals surface area contributed by atoms with E-state index in [9.17, 15) is 4.39 Å². The van der Waals surface area contributed by atoms with Crippen molar-refractivity contribution in [3.63, 3.8) is 0 Å². The van der Waals surface area contributed by atoms with Gasteiger partial charge in [0.15, 0.2) is 0 Å². The van der Waals surface area contributed by atoms with Crippen LogP contribution in [0.5, 0.6) is 0 Å². The molecular weight excluding hydrogens is 229 g/mol. The Morgan fingerprint density at radius 2 is 1.83 bits per heavy atom. The number of nitrogens with one attached hydrogen (secondary N) is 2. The third kappa shape index (κ3) is 2.18. The molecule has 2 aromatic rings. The first-order chi connectivity index (χ1) is 8.81. The number of aliphatic imine (C=N–C) groups is 1. The van der Waals surface area contributed by atoms with E-state index in [1.165, 1.54) is 17.7 Å². The van der Waals surface area contributed by atoms with Crippen molar-refractivity contribution >= 4 is 17.3 Å². The Balaban J connectivity index is 1.76. The number of hydrogen-bond donors (Lipinski definition) is 2. The summed E-state index contributed by atoms with van der Waals surface area (Å²) in [5, 5.41) is 6.33. The number of hydrogen-bond acceptors (Lipinski definition) is 3. The van der Waals surface area contributed by atoms with E-state index in [0.29, 0.717) is 12.5 Å². The fourth-order valence-corrected chi connectivity index (χ4v) is 1.85. The number of nitrogens with zero attached hydrogens (tertiary/aromatic N) is 1. The van der Waals surface area contributed by atoms with Crippen LogP contribution in [0.3, 0.4) is 0 Å². The molecule has 0 fully saturated rings. The van der Waals surface area contributed by atoms with Gasteiger partial charge in [0.05, 0.1) is 6.54 Å². The summed E-state index contributed by atoms with van der Waals surface area (Å²) in [6.45, 7) is 0.646. The average Bonchev–Trinajstić information content (AvgIpc) is 2.41. The summed E-state index contributed by atoms with van der Waals surface area (Å²) in [6, 6.07) is 14.2. The van der Waals surface area contributed by atoms with Crippen molar-refractivity contribution in [3.05, 3.63) is 59.9 Å². The normalized spacial score (nSPS) is 13.3. The lowest BCUT2D eigenvalue weighted by atomic mass is 10.1. The molecule has 0 aromatic heterocycles. The van der Waals surface area contributed by atoms with Crippen molar-refractivity contribution in [1.82, 2.24) is 0 Å². The van der Waals surface area contributed by atoms with E-state index in [0.717, 1.165) is 11.4 Å². The van der Waals surface area contributed by atoms with Gasteiger partial charge in [0.1, 0.15) is 5.82 Å². The molecule has 3 rings (SSSR count). The maximum Gasteiger partial charge on any atom is 0.200 e. The summed E-state index contributed by atoms with van der Waals surface area (Å²) < 4.78 is 12.8.